The topological polar surface area (TPSA) is 173 Å². The zero-order valence-electron chi connectivity index (χ0n) is 8.42. The number of amides is 2. The van der Waals surface area contributed by atoms with Crippen molar-refractivity contribution in [2.45, 2.75) is 12.8 Å². The van der Waals surface area contributed by atoms with Crippen LogP contribution in [0.15, 0.2) is 0 Å². The molecule has 9 nitrogen and oxygen atoms in total. The Labute approximate surface area is 92.8 Å². The Bertz CT molecular complexity index is 290. The summed E-state index contributed by atoms with van der Waals surface area (Å²) in [5, 5.41) is 2.85. The van der Waals surface area contributed by atoms with E-state index < -0.39 is 10.4 Å². The molecule has 0 bridgehead atoms. The first-order chi connectivity index (χ1) is 7.13. The average Bonchev–Trinajstić information content (AvgIpc) is 1.99. The Morgan fingerprint density at radius 2 is 1.25 bits per heavy atom. The minimum absolute atomic E-state index is 0.290. The number of nitrogens with one attached hydrogen (secondary N) is 1. The molecule has 0 aromatic rings. The molecule has 0 saturated heterocycles. The molecule has 0 rings (SSSR count). The molecule has 0 aromatic heterocycles. The van der Waals surface area contributed by atoms with Crippen molar-refractivity contribution in [3.05, 3.63) is 0 Å². The fourth-order valence-corrected chi connectivity index (χ4v) is 0.548. The second-order valence-corrected chi connectivity index (χ2v) is 3.53. The highest BCUT2D eigenvalue weighted by atomic mass is 32.3. The predicted octanol–water partition coefficient (Wildman–Crippen LogP) is -2.33. The summed E-state index contributed by atoms with van der Waals surface area (Å²) in [7, 11) is -4.67. The van der Waals surface area contributed by atoms with Gasteiger partial charge in [-0.3, -0.25) is 18.7 Å². The Hall–Kier alpha value is -1.23. The van der Waals surface area contributed by atoms with Crippen LogP contribution in [0.4, 0.5) is 0 Å². The molecule has 0 spiro atoms. The molecule has 2 amide bonds. The van der Waals surface area contributed by atoms with Crippen molar-refractivity contribution >= 4 is 22.2 Å². The molecule has 16 heavy (non-hydrogen) atoms. The van der Waals surface area contributed by atoms with Gasteiger partial charge in [0.25, 0.3) is 0 Å². The summed E-state index contributed by atoms with van der Waals surface area (Å²) in [5.74, 6) is -0.701. The smallest absolute Gasteiger partial charge is 0.370 e. The molecule has 0 heterocycles. The summed E-state index contributed by atoms with van der Waals surface area (Å²) in [6.07, 6.45) is 0.581. The maximum atomic E-state index is 10.2. The van der Waals surface area contributed by atoms with Crippen LogP contribution in [0.1, 0.15) is 12.8 Å². The van der Waals surface area contributed by atoms with Gasteiger partial charge >= 0.3 is 10.4 Å². The van der Waals surface area contributed by atoms with E-state index in [0.717, 1.165) is 0 Å². The van der Waals surface area contributed by atoms with Crippen LogP contribution >= 0.6 is 0 Å². The second kappa shape index (κ2) is 9.03. The third kappa shape index (κ3) is 38.6. The molecule has 0 fully saturated rings. The minimum atomic E-state index is -4.67. The van der Waals surface area contributed by atoms with E-state index in [0.29, 0.717) is 25.9 Å². The van der Waals surface area contributed by atoms with Gasteiger partial charge in [0.15, 0.2) is 0 Å². The molecule has 0 atom stereocenters. The molecule has 0 aliphatic carbocycles. The first kappa shape index (κ1) is 17.2. The van der Waals surface area contributed by atoms with E-state index >= 15 is 0 Å². The maximum absolute atomic E-state index is 10.2. The summed E-state index contributed by atoms with van der Waals surface area (Å²) in [5.41, 5.74) is 9.73. The lowest BCUT2D eigenvalue weighted by molar-refractivity contribution is -0.118. The van der Waals surface area contributed by atoms with Crippen LogP contribution in [0.3, 0.4) is 0 Å². The number of carbonyl (C=O) groups is 2. The summed E-state index contributed by atoms with van der Waals surface area (Å²) in [6.45, 7) is 1.01. The Morgan fingerprint density at radius 1 is 1.00 bits per heavy atom. The zero-order valence-corrected chi connectivity index (χ0v) is 9.24. The van der Waals surface area contributed by atoms with E-state index in [1.165, 1.54) is 0 Å². The van der Waals surface area contributed by atoms with Gasteiger partial charge in [0.2, 0.25) is 11.8 Å². The van der Waals surface area contributed by atoms with E-state index in [1.54, 1.807) is 0 Å². The van der Waals surface area contributed by atoms with Crippen molar-refractivity contribution in [3.63, 3.8) is 0 Å². The molecule has 0 aliphatic heterocycles. The minimum Gasteiger partial charge on any atom is -0.370 e. The number of rotatable bonds is 6. The standard InChI is InChI=1S/C6H13N3O2.H2O4S/c7-5(10)1-3-9-4-2-6(8)11;1-5(2,3)4/h9H,1-4H2,(H2,7,10)(H2,8,11);(H2,1,2,3,4). The fourth-order valence-electron chi connectivity index (χ4n) is 0.548. The molecule has 0 saturated carbocycles. The molecule has 0 aliphatic rings. The second-order valence-electron chi connectivity index (χ2n) is 2.63. The van der Waals surface area contributed by atoms with Crippen molar-refractivity contribution in [1.29, 1.82) is 0 Å². The van der Waals surface area contributed by atoms with E-state index in [1.807, 2.05) is 0 Å². The number of hydrogen-bond acceptors (Lipinski definition) is 5. The quantitative estimate of drug-likeness (QED) is 0.262. The molecule has 10 heteroatoms. The van der Waals surface area contributed by atoms with Crippen LogP contribution in [0.2, 0.25) is 0 Å². The van der Waals surface area contributed by atoms with Crippen LogP contribution in [0.25, 0.3) is 0 Å². The summed E-state index contributed by atoms with van der Waals surface area (Å²) < 4.78 is 31.6. The van der Waals surface area contributed by atoms with Gasteiger partial charge in [-0.2, -0.15) is 8.42 Å². The lowest BCUT2D eigenvalue weighted by Crippen LogP contribution is -2.25. The highest BCUT2D eigenvalue weighted by Gasteiger charge is 1.94. The first-order valence-electron chi connectivity index (χ1n) is 4.10. The highest BCUT2D eigenvalue weighted by Crippen LogP contribution is 1.75. The molecular weight excluding hydrogens is 242 g/mol. The number of carbonyl (C=O) groups excluding carboxylic acids is 2. The largest absolute Gasteiger partial charge is 0.394 e. The molecular formula is C6H15N3O6S. The van der Waals surface area contributed by atoms with E-state index in [4.69, 9.17) is 29.0 Å². The monoisotopic (exact) mass is 257 g/mol. The summed E-state index contributed by atoms with van der Waals surface area (Å²) in [4.78, 5) is 20.4. The van der Waals surface area contributed by atoms with Gasteiger partial charge in [-0.25, -0.2) is 0 Å². The third-order valence-electron chi connectivity index (χ3n) is 1.10. The molecule has 0 unspecified atom stereocenters. The SMILES string of the molecule is NC(=O)CCNCCC(N)=O.O=S(=O)(O)O. The maximum Gasteiger partial charge on any atom is 0.394 e. The van der Waals surface area contributed by atoms with Gasteiger partial charge in [-0.15, -0.1) is 0 Å². The van der Waals surface area contributed by atoms with Gasteiger partial charge in [-0.05, 0) is 0 Å². The van der Waals surface area contributed by atoms with Gasteiger partial charge < -0.3 is 16.8 Å². The third-order valence-corrected chi connectivity index (χ3v) is 1.10. The van der Waals surface area contributed by atoms with Gasteiger partial charge in [0.05, 0.1) is 0 Å². The van der Waals surface area contributed by atoms with Crippen LogP contribution in [-0.2, 0) is 20.0 Å². The van der Waals surface area contributed by atoms with Crippen molar-refractivity contribution in [2.24, 2.45) is 11.5 Å². The predicted molar refractivity (Wildman–Crippen MR) is 54.7 cm³/mol. The fraction of sp³-hybridized carbons (Fsp3) is 0.667. The molecule has 7 N–H and O–H groups in total. The number of hydrogen-bond donors (Lipinski definition) is 5. The molecule has 96 valence electrons. The molecule has 0 aromatic carbocycles. The Morgan fingerprint density at radius 3 is 1.44 bits per heavy atom. The van der Waals surface area contributed by atoms with Crippen molar-refractivity contribution < 1.29 is 27.1 Å². The Kier molecular flexibility index (Phi) is 9.69. The average molecular weight is 257 g/mol. The van der Waals surface area contributed by atoms with E-state index in [9.17, 15) is 9.59 Å². The van der Waals surface area contributed by atoms with Gasteiger partial charge in [-0.1, -0.05) is 0 Å². The summed E-state index contributed by atoms with van der Waals surface area (Å²) in [6, 6.07) is 0. The van der Waals surface area contributed by atoms with Crippen molar-refractivity contribution in [1.82, 2.24) is 5.32 Å². The zero-order chi connectivity index (χ0) is 13.2. The van der Waals surface area contributed by atoms with E-state index in [2.05, 4.69) is 5.32 Å². The van der Waals surface area contributed by atoms with Crippen molar-refractivity contribution in [2.75, 3.05) is 13.1 Å². The normalized spacial score (nSPS) is 10.1. The van der Waals surface area contributed by atoms with E-state index in [-0.39, 0.29) is 11.8 Å². The summed E-state index contributed by atoms with van der Waals surface area (Å²) >= 11 is 0. The lowest BCUT2D eigenvalue weighted by Gasteiger charge is -1.99. The van der Waals surface area contributed by atoms with Crippen LogP contribution in [-0.4, -0.2) is 42.4 Å². The van der Waals surface area contributed by atoms with Crippen LogP contribution in [0, 0.1) is 0 Å². The Balaban J connectivity index is 0. The van der Waals surface area contributed by atoms with Crippen molar-refractivity contribution in [3.8, 4) is 0 Å². The lowest BCUT2D eigenvalue weighted by atomic mass is 10.3. The van der Waals surface area contributed by atoms with Gasteiger partial charge in [0.1, 0.15) is 0 Å². The highest BCUT2D eigenvalue weighted by molar-refractivity contribution is 7.79. The van der Waals surface area contributed by atoms with Crippen LogP contribution in [0.5, 0.6) is 0 Å². The first-order valence-corrected chi connectivity index (χ1v) is 5.50. The number of primary amides is 2. The molecule has 0 radical (unpaired) electrons. The number of nitrogens with two attached hydrogens (primary N) is 2. The van der Waals surface area contributed by atoms with Gasteiger partial charge in [0, 0.05) is 25.9 Å². The van der Waals surface area contributed by atoms with Crippen LogP contribution < -0.4 is 16.8 Å².